The molecular formula is C20H17NO3. The van der Waals surface area contributed by atoms with Crippen LogP contribution in [0.3, 0.4) is 0 Å². The average Bonchev–Trinajstić information content (AvgIpc) is 2.61. The van der Waals surface area contributed by atoms with Crippen molar-refractivity contribution >= 4 is 16.8 Å². The number of nitrogens with zero attached hydrogens (tertiary/aromatic N) is 1. The number of allylic oxidation sites excluding steroid dienone is 1. The molecule has 0 fully saturated rings. The fourth-order valence-electron chi connectivity index (χ4n) is 2.55. The normalized spacial score (nSPS) is 11.5. The minimum atomic E-state index is -0.386. The van der Waals surface area contributed by atoms with Crippen LogP contribution in [0.1, 0.15) is 18.1 Å². The van der Waals surface area contributed by atoms with Crippen LogP contribution in [-0.2, 0) is 6.61 Å². The number of rotatable bonds is 5. The molecule has 0 saturated carbocycles. The molecule has 0 spiro atoms. The second-order valence-electron chi connectivity index (χ2n) is 5.52. The SMILES string of the molecule is CC(=Cc1c(OCc2ccccc2)ccc2ccccc12)[N+](=O)[O-]. The zero-order chi connectivity index (χ0) is 16.9. The lowest BCUT2D eigenvalue weighted by Crippen LogP contribution is -1.99. The van der Waals surface area contributed by atoms with E-state index in [1.54, 1.807) is 6.08 Å². The summed E-state index contributed by atoms with van der Waals surface area (Å²) in [5.74, 6) is 0.638. The molecule has 0 aliphatic rings. The van der Waals surface area contributed by atoms with E-state index >= 15 is 0 Å². The Morgan fingerprint density at radius 3 is 2.50 bits per heavy atom. The van der Waals surface area contributed by atoms with Crippen molar-refractivity contribution in [3.8, 4) is 5.75 Å². The highest BCUT2D eigenvalue weighted by atomic mass is 16.6. The van der Waals surface area contributed by atoms with Crippen molar-refractivity contribution in [3.05, 3.63) is 93.7 Å². The van der Waals surface area contributed by atoms with Crippen molar-refractivity contribution < 1.29 is 9.66 Å². The molecule has 0 radical (unpaired) electrons. The van der Waals surface area contributed by atoms with Gasteiger partial charge < -0.3 is 4.74 Å². The van der Waals surface area contributed by atoms with E-state index in [9.17, 15) is 10.1 Å². The lowest BCUT2D eigenvalue weighted by atomic mass is 10.0. The summed E-state index contributed by atoms with van der Waals surface area (Å²) in [6.07, 6.45) is 1.57. The van der Waals surface area contributed by atoms with Gasteiger partial charge in [0.15, 0.2) is 0 Å². The van der Waals surface area contributed by atoms with Crippen LogP contribution in [0.5, 0.6) is 5.75 Å². The third kappa shape index (κ3) is 3.43. The fraction of sp³-hybridized carbons (Fsp3) is 0.100. The summed E-state index contributed by atoms with van der Waals surface area (Å²) in [4.78, 5) is 10.6. The van der Waals surface area contributed by atoms with Crippen LogP contribution in [0.25, 0.3) is 16.8 Å². The highest BCUT2D eigenvalue weighted by Crippen LogP contribution is 2.31. The lowest BCUT2D eigenvalue weighted by Gasteiger charge is -2.12. The Morgan fingerprint density at radius 2 is 1.75 bits per heavy atom. The van der Waals surface area contributed by atoms with Crippen LogP contribution in [-0.4, -0.2) is 4.92 Å². The van der Waals surface area contributed by atoms with E-state index in [-0.39, 0.29) is 10.6 Å². The van der Waals surface area contributed by atoms with Gasteiger partial charge in [-0.25, -0.2) is 0 Å². The van der Waals surface area contributed by atoms with Gasteiger partial charge in [-0.15, -0.1) is 0 Å². The van der Waals surface area contributed by atoms with E-state index < -0.39 is 0 Å². The largest absolute Gasteiger partial charge is 0.488 e. The third-order valence-electron chi connectivity index (χ3n) is 3.81. The smallest absolute Gasteiger partial charge is 0.243 e. The first-order chi connectivity index (χ1) is 11.6. The standard InChI is InChI=1S/C20H17NO3/c1-15(21(22)23)13-19-18-10-6-5-9-17(18)11-12-20(19)24-14-16-7-3-2-4-8-16/h2-13H,14H2,1H3. The molecule has 0 N–H and O–H groups in total. The number of fused-ring (bicyclic) bond motifs is 1. The molecule has 0 unspecified atom stereocenters. The molecule has 3 rings (SSSR count). The van der Waals surface area contributed by atoms with Crippen molar-refractivity contribution in [1.29, 1.82) is 0 Å². The maximum atomic E-state index is 11.0. The molecule has 120 valence electrons. The zero-order valence-electron chi connectivity index (χ0n) is 13.3. The summed E-state index contributed by atoms with van der Waals surface area (Å²) >= 11 is 0. The Bertz CT molecular complexity index is 901. The van der Waals surface area contributed by atoms with E-state index in [1.165, 1.54) is 6.92 Å². The lowest BCUT2D eigenvalue weighted by molar-refractivity contribution is -0.422. The predicted octanol–water partition coefficient (Wildman–Crippen LogP) is 5.06. The number of nitro groups is 1. The topological polar surface area (TPSA) is 52.4 Å². The van der Waals surface area contributed by atoms with Crippen molar-refractivity contribution in [2.24, 2.45) is 0 Å². The van der Waals surface area contributed by atoms with Gasteiger partial charge >= 0.3 is 0 Å². The van der Waals surface area contributed by atoms with Crippen molar-refractivity contribution in [1.82, 2.24) is 0 Å². The Labute approximate surface area is 140 Å². The van der Waals surface area contributed by atoms with Gasteiger partial charge in [-0.05, 0) is 22.4 Å². The Morgan fingerprint density at radius 1 is 1.04 bits per heavy atom. The van der Waals surface area contributed by atoms with E-state index in [4.69, 9.17) is 4.74 Å². The molecule has 4 heteroatoms. The molecule has 3 aromatic carbocycles. The number of hydrogen-bond acceptors (Lipinski definition) is 3. The summed E-state index contributed by atoms with van der Waals surface area (Å²) in [6, 6.07) is 21.5. The fourth-order valence-corrected chi connectivity index (χ4v) is 2.55. The summed E-state index contributed by atoms with van der Waals surface area (Å²) in [7, 11) is 0. The molecule has 0 aliphatic carbocycles. The molecule has 3 aromatic rings. The monoisotopic (exact) mass is 319 g/mol. The Balaban J connectivity index is 2.03. The second kappa shape index (κ2) is 6.96. The molecule has 0 aromatic heterocycles. The minimum absolute atomic E-state index is 0.0796. The molecule has 0 aliphatic heterocycles. The molecule has 0 bridgehead atoms. The number of benzene rings is 3. The van der Waals surface area contributed by atoms with E-state index in [0.717, 1.165) is 21.9 Å². The second-order valence-corrected chi connectivity index (χ2v) is 5.52. The maximum Gasteiger partial charge on any atom is 0.243 e. The van der Waals surface area contributed by atoms with Crippen molar-refractivity contribution in [3.63, 3.8) is 0 Å². The first kappa shape index (κ1) is 15.7. The van der Waals surface area contributed by atoms with Gasteiger partial charge in [0.1, 0.15) is 12.4 Å². The average molecular weight is 319 g/mol. The molecule has 24 heavy (non-hydrogen) atoms. The highest BCUT2D eigenvalue weighted by Gasteiger charge is 2.11. The molecule has 0 amide bonds. The van der Waals surface area contributed by atoms with E-state index in [1.807, 2.05) is 66.7 Å². The van der Waals surface area contributed by atoms with Crippen LogP contribution in [0.15, 0.2) is 72.4 Å². The summed E-state index contributed by atoms with van der Waals surface area (Å²) in [5.41, 5.74) is 1.86. The van der Waals surface area contributed by atoms with Crippen LogP contribution in [0.4, 0.5) is 0 Å². The number of hydrogen-bond donors (Lipinski definition) is 0. The first-order valence-electron chi connectivity index (χ1n) is 7.66. The van der Waals surface area contributed by atoms with Gasteiger partial charge in [-0.2, -0.15) is 0 Å². The van der Waals surface area contributed by atoms with Gasteiger partial charge in [-0.3, -0.25) is 10.1 Å². The minimum Gasteiger partial charge on any atom is -0.488 e. The number of ether oxygens (including phenoxy) is 1. The molecule has 0 saturated heterocycles. The van der Waals surface area contributed by atoms with Gasteiger partial charge in [0.25, 0.3) is 0 Å². The summed E-state index contributed by atoms with van der Waals surface area (Å²) in [5, 5.41) is 13.0. The van der Waals surface area contributed by atoms with E-state index in [0.29, 0.717) is 12.4 Å². The van der Waals surface area contributed by atoms with Gasteiger partial charge in [0.2, 0.25) is 5.70 Å². The highest BCUT2D eigenvalue weighted by molar-refractivity contribution is 5.93. The summed E-state index contributed by atoms with van der Waals surface area (Å²) in [6.45, 7) is 1.90. The molecule has 0 atom stereocenters. The van der Waals surface area contributed by atoms with Crippen molar-refractivity contribution in [2.75, 3.05) is 0 Å². The van der Waals surface area contributed by atoms with Gasteiger partial charge in [0.05, 0.1) is 4.92 Å². The Hall–Kier alpha value is -3.14. The van der Waals surface area contributed by atoms with Gasteiger partial charge in [0, 0.05) is 18.6 Å². The summed E-state index contributed by atoms with van der Waals surface area (Å²) < 4.78 is 5.94. The van der Waals surface area contributed by atoms with E-state index in [2.05, 4.69) is 0 Å². The van der Waals surface area contributed by atoms with Crippen LogP contribution >= 0.6 is 0 Å². The van der Waals surface area contributed by atoms with Crippen molar-refractivity contribution in [2.45, 2.75) is 13.5 Å². The first-order valence-corrected chi connectivity index (χ1v) is 7.66. The molecule has 0 heterocycles. The molecular weight excluding hydrogens is 302 g/mol. The van der Waals surface area contributed by atoms with Crippen LogP contribution in [0, 0.1) is 10.1 Å². The van der Waals surface area contributed by atoms with Crippen LogP contribution < -0.4 is 4.74 Å². The van der Waals surface area contributed by atoms with Crippen LogP contribution in [0.2, 0.25) is 0 Å². The quantitative estimate of drug-likeness (QED) is 0.488. The molecule has 4 nitrogen and oxygen atoms in total. The Kier molecular flexibility index (Phi) is 4.57. The maximum absolute atomic E-state index is 11.0. The zero-order valence-corrected chi connectivity index (χ0v) is 13.3. The third-order valence-corrected chi connectivity index (χ3v) is 3.81. The predicted molar refractivity (Wildman–Crippen MR) is 95.4 cm³/mol. The van der Waals surface area contributed by atoms with Gasteiger partial charge in [-0.1, -0.05) is 60.7 Å².